The van der Waals surface area contributed by atoms with Crippen LogP contribution in [0, 0.1) is 5.92 Å². The van der Waals surface area contributed by atoms with E-state index in [0.717, 1.165) is 25.9 Å². The van der Waals surface area contributed by atoms with Gasteiger partial charge in [0.2, 0.25) is 5.91 Å². The van der Waals surface area contributed by atoms with Gasteiger partial charge in [-0.2, -0.15) is 0 Å². The van der Waals surface area contributed by atoms with Crippen LogP contribution in [0.25, 0.3) is 0 Å². The third-order valence-electron chi connectivity index (χ3n) is 3.44. The minimum Gasteiger partial charge on any atom is -0.480 e. The number of carbonyl (C=O) groups excluding carboxylic acids is 2. The van der Waals surface area contributed by atoms with Crippen molar-refractivity contribution in [2.45, 2.75) is 38.1 Å². The van der Waals surface area contributed by atoms with Gasteiger partial charge in [0.25, 0.3) is 0 Å². The molecule has 0 aromatic rings. The number of hydrogen-bond donors (Lipinski definition) is 3. The van der Waals surface area contributed by atoms with Gasteiger partial charge in [0.1, 0.15) is 6.04 Å². The molecule has 0 saturated carbocycles. The number of ether oxygens (including phenoxy) is 1. The van der Waals surface area contributed by atoms with Crippen LogP contribution in [0.4, 0.5) is 0 Å². The Hall–Kier alpha value is -1.63. The first-order valence-electron chi connectivity index (χ1n) is 6.82. The van der Waals surface area contributed by atoms with Gasteiger partial charge in [-0.25, -0.2) is 4.79 Å². The van der Waals surface area contributed by atoms with E-state index in [9.17, 15) is 14.4 Å². The summed E-state index contributed by atoms with van der Waals surface area (Å²) in [6, 6.07) is -1.04. The Labute approximate surface area is 118 Å². The number of carboxylic acid groups (broad SMARTS) is 1. The molecule has 1 amide bonds. The first kappa shape index (κ1) is 16.4. The third-order valence-corrected chi connectivity index (χ3v) is 3.44. The number of amides is 1. The maximum absolute atomic E-state index is 11.7. The lowest BCUT2D eigenvalue weighted by Crippen LogP contribution is -2.41. The Bertz CT molecular complexity index is 353. The molecule has 1 fully saturated rings. The van der Waals surface area contributed by atoms with Crippen molar-refractivity contribution in [2.75, 3.05) is 20.2 Å². The Morgan fingerprint density at radius 3 is 2.70 bits per heavy atom. The lowest BCUT2D eigenvalue weighted by Gasteiger charge is -2.14. The quantitative estimate of drug-likeness (QED) is 0.538. The molecule has 1 unspecified atom stereocenters. The highest BCUT2D eigenvalue weighted by molar-refractivity contribution is 5.84. The summed E-state index contributed by atoms with van der Waals surface area (Å²) >= 11 is 0. The molecule has 0 aliphatic carbocycles. The zero-order chi connectivity index (χ0) is 15.0. The van der Waals surface area contributed by atoms with Gasteiger partial charge in [0.15, 0.2) is 0 Å². The highest BCUT2D eigenvalue weighted by Gasteiger charge is 2.22. The Kier molecular flexibility index (Phi) is 7.00. The predicted octanol–water partition coefficient (Wildman–Crippen LogP) is -0.101. The van der Waals surface area contributed by atoms with Crippen molar-refractivity contribution in [3.05, 3.63) is 0 Å². The second-order valence-corrected chi connectivity index (χ2v) is 4.97. The van der Waals surface area contributed by atoms with Crippen molar-refractivity contribution in [2.24, 2.45) is 5.92 Å². The molecular formula is C13H22N2O5. The Balaban J connectivity index is 2.30. The summed E-state index contributed by atoms with van der Waals surface area (Å²) in [7, 11) is 1.24. The molecule has 20 heavy (non-hydrogen) atoms. The smallest absolute Gasteiger partial charge is 0.326 e. The monoisotopic (exact) mass is 286 g/mol. The Morgan fingerprint density at radius 1 is 1.40 bits per heavy atom. The molecule has 0 bridgehead atoms. The molecule has 1 aliphatic heterocycles. The molecule has 7 nitrogen and oxygen atoms in total. The minimum atomic E-state index is -1.13. The van der Waals surface area contributed by atoms with Gasteiger partial charge in [-0.15, -0.1) is 0 Å². The number of methoxy groups -OCH3 is 1. The van der Waals surface area contributed by atoms with Crippen LogP contribution in [0.3, 0.4) is 0 Å². The first-order chi connectivity index (χ1) is 9.52. The van der Waals surface area contributed by atoms with Crippen molar-refractivity contribution >= 4 is 17.8 Å². The second-order valence-electron chi connectivity index (χ2n) is 4.97. The van der Waals surface area contributed by atoms with Crippen molar-refractivity contribution < 1.29 is 24.2 Å². The number of carbonyl (C=O) groups is 3. The number of rotatable bonds is 8. The van der Waals surface area contributed by atoms with Crippen LogP contribution in [0.2, 0.25) is 0 Å². The van der Waals surface area contributed by atoms with E-state index in [1.807, 2.05) is 0 Å². The summed E-state index contributed by atoms with van der Waals surface area (Å²) in [6.45, 7) is 1.89. The molecule has 0 aromatic carbocycles. The maximum Gasteiger partial charge on any atom is 0.326 e. The summed E-state index contributed by atoms with van der Waals surface area (Å²) in [5.41, 5.74) is 0. The molecule has 114 valence electrons. The van der Waals surface area contributed by atoms with E-state index in [1.165, 1.54) is 7.11 Å². The van der Waals surface area contributed by atoms with E-state index in [-0.39, 0.29) is 18.7 Å². The lowest BCUT2D eigenvalue weighted by atomic mass is 10.0. The minimum absolute atomic E-state index is 0.0275. The number of hydrogen-bond acceptors (Lipinski definition) is 5. The summed E-state index contributed by atoms with van der Waals surface area (Å²) in [5, 5.41) is 14.7. The van der Waals surface area contributed by atoms with Gasteiger partial charge in [-0.05, 0) is 38.3 Å². The fourth-order valence-corrected chi connectivity index (χ4v) is 2.18. The van der Waals surface area contributed by atoms with Gasteiger partial charge < -0.3 is 20.5 Å². The molecule has 0 radical (unpaired) electrons. The lowest BCUT2D eigenvalue weighted by molar-refractivity contribution is -0.144. The van der Waals surface area contributed by atoms with Gasteiger partial charge in [-0.3, -0.25) is 9.59 Å². The Morgan fingerprint density at radius 2 is 2.15 bits per heavy atom. The summed E-state index contributed by atoms with van der Waals surface area (Å²) in [4.78, 5) is 33.7. The van der Waals surface area contributed by atoms with E-state index in [0.29, 0.717) is 12.3 Å². The highest BCUT2D eigenvalue weighted by atomic mass is 16.5. The van der Waals surface area contributed by atoms with Gasteiger partial charge >= 0.3 is 11.9 Å². The van der Waals surface area contributed by atoms with Crippen LogP contribution in [-0.4, -0.2) is 49.2 Å². The molecular weight excluding hydrogens is 264 g/mol. The first-order valence-corrected chi connectivity index (χ1v) is 6.82. The number of esters is 1. The molecule has 3 N–H and O–H groups in total. The second kappa shape index (κ2) is 8.52. The van der Waals surface area contributed by atoms with Crippen LogP contribution in [0.1, 0.15) is 32.1 Å². The SMILES string of the molecule is COC(=O)CC[C@H](NC(=O)CCC1CCNC1)C(=O)O. The van der Waals surface area contributed by atoms with Crippen molar-refractivity contribution in [3.63, 3.8) is 0 Å². The normalized spacial score (nSPS) is 19.4. The molecule has 1 rings (SSSR count). The molecule has 0 aromatic heterocycles. The largest absolute Gasteiger partial charge is 0.480 e. The van der Waals surface area contributed by atoms with Crippen molar-refractivity contribution in [1.29, 1.82) is 0 Å². The van der Waals surface area contributed by atoms with Crippen molar-refractivity contribution in [3.8, 4) is 0 Å². The van der Waals surface area contributed by atoms with Crippen LogP contribution in [0.5, 0.6) is 0 Å². The molecule has 1 saturated heterocycles. The fourth-order valence-electron chi connectivity index (χ4n) is 2.18. The highest BCUT2D eigenvalue weighted by Crippen LogP contribution is 2.14. The molecule has 0 spiro atoms. The predicted molar refractivity (Wildman–Crippen MR) is 71.0 cm³/mol. The van der Waals surface area contributed by atoms with Crippen LogP contribution >= 0.6 is 0 Å². The van der Waals surface area contributed by atoms with E-state index < -0.39 is 18.0 Å². The average Bonchev–Trinajstić information content (AvgIpc) is 2.93. The maximum atomic E-state index is 11.7. The number of aliphatic carboxylic acids is 1. The summed E-state index contributed by atoms with van der Waals surface area (Å²) < 4.78 is 4.45. The van der Waals surface area contributed by atoms with E-state index in [2.05, 4.69) is 15.4 Å². The topological polar surface area (TPSA) is 105 Å². The fraction of sp³-hybridized carbons (Fsp3) is 0.769. The van der Waals surface area contributed by atoms with Crippen molar-refractivity contribution in [1.82, 2.24) is 10.6 Å². The standard InChI is InChI=1S/C13H22N2O5/c1-20-12(17)5-3-10(13(18)19)15-11(16)4-2-9-6-7-14-8-9/h9-10,14H,2-8H2,1H3,(H,15,16)(H,18,19)/t9?,10-/m0/s1. The molecule has 7 heteroatoms. The van der Waals surface area contributed by atoms with E-state index in [4.69, 9.17) is 5.11 Å². The number of nitrogens with one attached hydrogen (secondary N) is 2. The molecule has 2 atom stereocenters. The van der Waals surface area contributed by atoms with Gasteiger partial charge in [-0.1, -0.05) is 0 Å². The zero-order valence-electron chi connectivity index (χ0n) is 11.7. The van der Waals surface area contributed by atoms with E-state index >= 15 is 0 Å². The van der Waals surface area contributed by atoms with Crippen LogP contribution < -0.4 is 10.6 Å². The van der Waals surface area contributed by atoms with Gasteiger partial charge in [0, 0.05) is 12.8 Å². The molecule has 1 aliphatic rings. The third kappa shape index (κ3) is 6.01. The van der Waals surface area contributed by atoms with Crippen LogP contribution in [0.15, 0.2) is 0 Å². The van der Waals surface area contributed by atoms with E-state index in [1.54, 1.807) is 0 Å². The van der Waals surface area contributed by atoms with Gasteiger partial charge in [0.05, 0.1) is 7.11 Å². The average molecular weight is 286 g/mol. The summed E-state index contributed by atoms with van der Waals surface area (Å²) in [6.07, 6.45) is 2.13. The number of carboxylic acids is 1. The molecule has 1 heterocycles. The summed E-state index contributed by atoms with van der Waals surface area (Å²) in [5.74, 6) is -1.42. The van der Waals surface area contributed by atoms with Crippen LogP contribution in [-0.2, 0) is 19.1 Å². The zero-order valence-corrected chi connectivity index (χ0v) is 11.7.